The molecule has 0 spiro atoms. The highest BCUT2D eigenvalue weighted by Gasteiger charge is 2.04. The first kappa shape index (κ1) is 7.07. The van der Waals surface area contributed by atoms with Crippen LogP contribution in [0.3, 0.4) is 0 Å². The lowest BCUT2D eigenvalue weighted by molar-refractivity contribution is 0.416. The van der Waals surface area contributed by atoms with Crippen molar-refractivity contribution in [2.75, 3.05) is 7.04 Å². The van der Waals surface area contributed by atoms with Gasteiger partial charge in [0.05, 0.1) is 11.2 Å². The Morgan fingerprint density at radius 3 is 2.67 bits per heavy atom. The summed E-state index contributed by atoms with van der Waals surface area (Å²) in [6.45, 7) is 0. The molecule has 15 heavy (non-hydrogen) atoms. The van der Waals surface area contributed by atoms with Crippen LogP contribution in [0.1, 0.15) is 4.11 Å². The predicted molar refractivity (Wildman–Crippen MR) is 66.1 cm³/mol. The molecule has 2 aromatic rings. The molecule has 1 nitrogen and oxygen atoms in total. The van der Waals surface area contributed by atoms with E-state index >= 15 is 0 Å². The molecule has 0 fully saturated rings. The van der Waals surface area contributed by atoms with Crippen LogP contribution in [0, 0.1) is 0 Å². The summed E-state index contributed by atoms with van der Waals surface area (Å²) < 4.78 is 27.4. The van der Waals surface area contributed by atoms with Crippen LogP contribution >= 0.6 is 15.9 Å². The molecule has 76 valence electrons. The molecule has 0 atom stereocenters. The minimum Gasteiger partial charge on any atom is -0.496 e. The minimum absolute atomic E-state index is 0.343. The summed E-state index contributed by atoms with van der Waals surface area (Å²) in [7, 11) is -2.45. The van der Waals surface area contributed by atoms with E-state index in [4.69, 9.17) is 8.85 Å². The van der Waals surface area contributed by atoms with E-state index < -0.39 is 7.04 Å². The summed E-state index contributed by atoms with van der Waals surface area (Å²) in [5.41, 5.74) is 1.68. The van der Waals surface area contributed by atoms with E-state index in [-0.39, 0.29) is 0 Å². The number of ether oxygens (including phenoxy) is 1. The quantitative estimate of drug-likeness (QED) is 0.794. The molecule has 0 bridgehead atoms. The largest absolute Gasteiger partial charge is 0.496 e. The number of methoxy groups -OCH3 is 1. The maximum Gasteiger partial charge on any atom is 0.127 e. The first-order chi connectivity index (χ1) is 8.46. The van der Waals surface area contributed by atoms with E-state index in [1.54, 1.807) is 6.07 Å². The summed E-state index contributed by atoms with van der Waals surface area (Å²) >= 11 is 3.31. The van der Waals surface area contributed by atoms with Crippen molar-refractivity contribution in [3.63, 3.8) is 0 Å². The van der Waals surface area contributed by atoms with E-state index in [9.17, 15) is 0 Å². The third-order valence-electron chi connectivity index (χ3n) is 2.14. The van der Waals surface area contributed by atoms with Gasteiger partial charge < -0.3 is 4.74 Å². The summed E-state index contributed by atoms with van der Waals surface area (Å²) in [5.74, 6) is 0.343. The molecule has 0 saturated heterocycles. The Kier molecular flexibility index (Phi) is 2.12. The molecule has 2 aromatic carbocycles. The van der Waals surface area contributed by atoms with Gasteiger partial charge in [0, 0.05) is 10.0 Å². The van der Waals surface area contributed by atoms with Crippen molar-refractivity contribution in [1.29, 1.82) is 0 Å². The molecule has 0 N–H and O–H groups in total. The second-order valence-corrected chi connectivity index (χ2v) is 4.02. The monoisotopic (exact) mass is 265 g/mol. The maximum atomic E-state index is 7.19. The predicted octanol–water partition coefficient (Wildman–Crippen LogP) is 4.12. The van der Waals surface area contributed by atoms with E-state index in [1.165, 1.54) is 0 Å². The molecule has 0 saturated carbocycles. The molecule has 2 rings (SSSR count). The van der Waals surface area contributed by atoms with Crippen molar-refractivity contribution in [1.82, 2.24) is 0 Å². The summed E-state index contributed by atoms with van der Waals surface area (Å²) in [6.07, 6.45) is 0. The van der Waals surface area contributed by atoms with Gasteiger partial charge in [0.1, 0.15) is 5.75 Å². The molecule has 0 radical (unpaired) electrons. The number of rotatable bonds is 2. The fourth-order valence-corrected chi connectivity index (χ4v) is 1.78. The summed E-state index contributed by atoms with van der Waals surface area (Å²) in [6, 6.07) is 14.9. The van der Waals surface area contributed by atoms with Gasteiger partial charge in [-0.25, -0.2) is 0 Å². The van der Waals surface area contributed by atoms with Crippen LogP contribution in [0.15, 0.2) is 53.0 Å². The van der Waals surface area contributed by atoms with Gasteiger partial charge in [0.2, 0.25) is 0 Å². The number of halogens is 1. The Morgan fingerprint density at radius 1 is 1.13 bits per heavy atom. The van der Waals surface area contributed by atoms with Crippen LogP contribution in [0.2, 0.25) is 0 Å². The Morgan fingerprint density at radius 2 is 1.93 bits per heavy atom. The van der Waals surface area contributed by atoms with Gasteiger partial charge in [-0.1, -0.05) is 46.3 Å². The van der Waals surface area contributed by atoms with E-state index in [0.717, 1.165) is 15.6 Å². The van der Waals surface area contributed by atoms with Crippen LogP contribution in [-0.2, 0) is 0 Å². The zero-order valence-corrected chi connectivity index (χ0v) is 9.49. The molecule has 0 aliphatic heterocycles. The number of benzene rings is 2. The standard InChI is InChI=1S/C13H11BrO/c1-15-13-9-11(14)7-8-12(13)10-5-3-2-4-6-10/h2-9H,1H3/i1D3. The zero-order valence-electron chi connectivity index (χ0n) is 10.9. The fourth-order valence-electron chi connectivity index (χ4n) is 1.44. The molecule has 0 unspecified atom stereocenters. The Labute approximate surface area is 102 Å². The van der Waals surface area contributed by atoms with Crippen molar-refractivity contribution in [2.24, 2.45) is 0 Å². The normalized spacial score (nSPS) is 13.8. The van der Waals surface area contributed by atoms with Gasteiger partial charge >= 0.3 is 0 Å². The van der Waals surface area contributed by atoms with E-state index in [2.05, 4.69) is 15.9 Å². The van der Waals surface area contributed by atoms with Gasteiger partial charge in [0.25, 0.3) is 0 Å². The van der Waals surface area contributed by atoms with E-state index in [1.807, 2.05) is 42.5 Å². The lowest BCUT2D eigenvalue weighted by Gasteiger charge is -2.08. The van der Waals surface area contributed by atoms with Crippen molar-refractivity contribution in [3.8, 4) is 16.9 Å². The maximum absolute atomic E-state index is 7.19. The van der Waals surface area contributed by atoms with Crippen molar-refractivity contribution in [3.05, 3.63) is 53.0 Å². The molecule has 0 aromatic heterocycles. The van der Waals surface area contributed by atoms with Gasteiger partial charge in [-0.3, -0.25) is 0 Å². The molecular weight excluding hydrogens is 252 g/mol. The summed E-state index contributed by atoms with van der Waals surface area (Å²) in [4.78, 5) is 0. The Bertz CT molecular complexity index is 538. The average Bonchev–Trinajstić information content (AvgIpc) is 2.28. The average molecular weight is 266 g/mol. The van der Waals surface area contributed by atoms with Crippen molar-refractivity contribution < 1.29 is 8.85 Å². The highest BCUT2D eigenvalue weighted by molar-refractivity contribution is 9.10. The lowest BCUT2D eigenvalue weighted by Crippen LogP contribution is -1.87. The van der Waals surface area contributed by atoms with Crippen LogP contribution < -0.4 is 4.74 Å². The number of hydrogen-bond acceptors (Lipinski definition) is 1. The Hall–Kier alpha value is -1.28. The molecule has 0 aliphatic rings. The second-order valence-electron chi connectivity index (χ2n) is 3.11. The molecule has 0 aliphatic carbocycles. The topological polar surface area (TPSA) is 9.23 Å². The van der Waals surface area contributed by atoms with Crippen molar-refractivity contribution in [2.45, 2.75) is 0 Å². The van der Waals surface area contributed by atoms with Crippen LogP contribution in [0.25, 0.3) is 11.1 Å². The highest BCUT2D eigenvalue weighted by atomic mass is 79.9. The number of hydrogen-bond donors (Lipinski definition) is 0. The van der Waals surface area contributed by atoms with Gasteiger partial charge in [-0.15, -0.1) is 0 Å². The minimum atomic E-state index is -2.45. The first-order valence-electron chi connectivity index (χ1n) is 6.00. The third kappa shape index (κ3) is 2.21. The zero-order chi connectivity index (χ0) is 13.2. The van der Waals surface area contributed by atoms with Crippen LogP contribution in [0.4, 0.5) is 0 Å². The fraction of sp³-hybridized carbons (Fsp3) is 0.0769. The van der Waals surface area contributed by atoms with Crippen LogP contribution in [-0.4, -0.2) is 7.04 Å². The second kappa shape index (κ2) is 4.49. The molecular formula is C13H11BrO. The highest BCUT2D eigenvalue weighted by Crippen LogP contribution is 2.32. The first-order valence-corrected chi connectivity index (χ1v) is 5.29. The summed E-state index contributed by atoms with van der Waals surface area (Å²) in [5, 5.41) is 0. The van der Waals surface area contributed by atoms with Crippen LogP contribution in [0.5, 0.6) is 5.75 Å². The van der Waals surface area contributed by atoms with Gasteiger partial charge in [-0.05, 0) is 23.8 Å². The van der Waals surface area contributed by atoms with Gasteiger partial charge in [-0.2, -0.15) is 0 Å². The van der Waals surface area contributed by atoms with Crippen molar-refractivity contribution >= 4 is 15.9 Å². The smallest absolute Gasteiger partial charge is 0.127 e. The SMILES string of the molecule is [2H]C([2H])([2H])Oc1cc(Br)ccc1-c1ccccc1. The molecule has 2 heteroatoms. The third-order valence-corrected chi connectivity index (χ3v) is 2.63. The lowest BCUT2D eigenvalue weighted by atomic mass is 10.1. The molecule has 0 heterocycles. The molecule has 0 amide bonds. The van der Waals surface area contributed by atoms with E-state index in [0.29, 0.717) is 5.75 Å². The Balaban J connectivity index is 2.47. The van der Waals surface area contributed by atoms with Gasteiger partial charge in [0.15, 0.2) is 0 Å².